The molecule has 0 unspecified atom stereocenters. The molecule has 0 atom stereocenters. The number of carbonyl (C=O) groups is 2. The molecule has 2 aliphatic rings. The third-order valence-corrected chi connectivity index (χ3v) is 5.32. The average molecular weight is 374 g/mol. The van der Waals surface area contributed by atoms with Crippen molar-refractivity contribution in [3.63, 3.8) is 0 Å². The van der Waals surface area contributed by atoms with E-state index in [2.05, 4.69) is 10.3 Å². The highest BCUT2D eigenvalue weighted by molar-refractivity contribution is 6.07. The van der Waals surface area contributed by atoms with E-state index in [0.717, 1.165) is 12.3 Å². The van der Waals surface area contributed by atoms with Gasteiger partial charge in [0.15, 0.2) is 5.75 Å². The average Bonchev–Trinajstić information content (AvgIpc) is 2.91. The maximum absolute atomic E-state index is 13.7. The summed E-state index contributed by atoms with van der Waals surface area (Å²) in [6.07, 6.45) is 2.12. The number of aromatic nitrogens is 1. The van der Waals surface area contributed by atoms with Gasteiger partial charge in [-0.05, 0) is 49.4 Å². The van der Waals surface area contributed by atoms with Gasteiger partial charge in [0.2, 0.25) is 5.91 Å². The Morgan fingerprint density at radius 3 is 2.70 bits per heavy atom. The third-order valence-electron chi connectivity index (χ3n) is 5.32. The fraction of sp³-hybridized carbons (Fsp3) is 0.316. The van der Waals surface area contributed by atoms with Crippen LogP contribution in [0.1, 0.15) is 41.6 Å². The summed E-state index contributed by atoms with van der Waals surface area (Å²) < 4.78 is 32.5. The number of nitrogens with one attached hydrogen (secondary N) is 1. The van der Waals surface area contributed by atoms with Crippen LogP contribution in [0.4, 0.5) is 14.5 Å². The van der Waals surface area contributed by atoms with Gasteiger partial charge in [-0.1, -0.05) is 0 Å². The zero-order valence-electron chi connectivity index (χ0n) is 14.2. The summed E-state index contributed by atoms with van der Waals surface area (Å²) >= 11 is 0. The van der Waals surface area contributed by atoms with Crippen molar-refractivity contribution in [2.24, 2.45) is 0 Å². The lowest BCUT2D eigenvalue weighted by molar-refractivity contribution is -0.122. The van der Waals surface area contributed by atoms with Gasteiger partial charge in [-0.15, -0.1) is 0 Å². The predicted molar refractivity (Wildman–Crippen MR) is 90.7 cm³/mol. The summed E-state index contributed by atoms with van der Waals surface area (Å²) in [5, 5.41) is 12.0. The topological polar surface area (TPSA) is 88.5 Å². The highest BCUT2D eigenvalue weighted by Gasteiger charge is 2.49. The standard InChI is InChI=1S/C19H16F2N2O4/c20-11-8-15(16(21)22-9-11)27-12-3-5-19(6-4-12)13-7-10(17(24)25)1-2-14(13)23-18(19)26/h1-2,7-9,12H,3-6H2,(H,23,26)(H,24,25). The Morgan fingerprint density at radius 1 is 1.26 bits per heavy atom. The fourth-order valence-corrected chi connectivity index (χ4v) is 3.91. The van der Waals surface area contributed by atoms with Crippen molar-refractivity contribution >= 4 is 17.6 Å². The molecule has 2 N–H and O–H groups in total. The molecular formula is C19H16F2N2O4. The monoisotopic (exact) mass is 374 g/mol. The van der Waals surface area contributed by atoms with Gasteiger partial charge >= 0.3 is 5.97 Å². The highest BCUT2D eigenvalue weighted by atomic mass is 19.1. The van der Waals surface area contributed by atoms with Crippen LogP contribution in [0.25, 0.3) is 0 Å². The smallest absolute Gasteiger partial charge is 0.335 e. The number of nitrogens with zero attached hydrogens (tertiary/aromatic N) is 1. The normalized spacial score (nSPS) is 23.8. The van der Waals surface area contributed by atoms with Gasteiger partial charge < -0.3 is 15.2 Å². The number of carbonyl (C=O) groups excluding carboxylic acids is 1. The van der Waals surface area contributed by atoms with E-state index >= 15 is 0 Å². The molecule has 6 nitrogen and oxygen atoms in total. The molecule has 2 heterocycles. The second-order valence-electron chi connectivity index (χ2n) is 6.86. The maximum atomic E-state index is 13.7. The first-order valence-electron chi connectivity index (χ1n) is 8.56. The summed E-state index contributed by atoms with van der Waals surface area (Å²) in [6, 6.07) is 5.53. The molecule has 8 heteroatoms. The number of aromatic carboxylic acids is 1. The fourth-order valence-electron chi connectivity index (χ4n) is 3.91. The molecule has 1 aromatic carbocycles. The number of fused-ring (bicyclic) bond motifs is 2. The molecule has 1 aliphatic heterocycles. The van der Waals surface area contributed by atoms with Crippen LogP contribution in [0.15, 0.2) is 30.5 Å². The number of ether oxygens (including phenoxy) is 1. The molecule has 1 aromatic heterocycles. The Morgan fingerprint density at radius 2 is 2.00 bits per heavy atom. The Kier molecular flexibility index (Phi) is 4.05. The van der Waals surface area contributed by atoms with E-state index in [0.29, 0.717) is 36.9 Å². The molecule has 140 valence electrons. The molecule has 2 aromatic rings. The van der Waals surface area contributed by atoms with Crippen molar-refractivity contribution in [1.29, 1.82) is 0 Å². The molecule has 27 heavy (non-hydrogen) atoms. The lowest BCUT2D eigenvalue weighted by Gasteiger charge is -2.35. The number of benzene rings is 1. The number of rotatable bonds is 3. The molecule has 1 amide bonds. The summed E-state index contributed by atoms with van der Waals surface area (Å²) in [4.78, 5) is 27.2. The molecule has 1 fully saturated rings. The first-order chi connectivity index (χ1) is 12.9. The minimum Gasteiger partial charge on any atom is -0.486 e. The zero-order chi connectivity index (χ0) is 19.2. The largest absolute Gasteiger partial charge is 0.486 e. The van der Waals surface area contributed by atoms with E-state index in [9.17, 15) is 23.5 Å². The van der Waals surface area contributed by atoms with Crippen LogP contribution >= 0.6 is 0 Å². The second-order valence-corrected chi connectivity index (χ2v) is 6.86. The van der Waals surface area contributed by atoms with Crippen molar-refractivity contribution < 1.29 is 28.2 Å². The van der Waals surface area contributed by atoms with E-state index < -0.39 is 23.1 Å². The SMILES string of the molecule is O=C(O)c1ccc2c(c1)C1(CCC(Oc3cc(F)cnc3F)CC1)C(=O)N2. The van der Waals surface area contributed by atoms with Crippen molar-refractivity contribution in [2.45, 2.75) is 37.2 Å². The Hall–Kier alpha value is -3.03. The number of carboxylic acids is 1. The number of hydrogen-bond donors (Lipinski definition) is 2. The van der Waals surface area contributed by atoms with Crippen LogP contribution < -0.4 is 10.1 Å². The van der Waals surface area contributed by atoms with Gasteiger partial charge in [-0.25, -0.2) is 14.2 Å². The second kappa shape index (κ2) is 6.29. The minimum atomic E-state index is -1.06. The molecule has 4 rings (SSSR count). The Balaban J connectivity index is 1.55. The van der Waals surface area contributed by atoms with E-state index in [1.165, 1.54) is 12.1 Å². The highest BCUT2D eigenvalue weighted by Crippen LogP contribution is 2.48. The van der Waals surface area contributed by atoms with Crippen LogP contribution in [-0.2, 0) is 10.2 Å². The first kappa shape index (κ1) is 17.4. The molecule has 0 bridgehead atoms. The molecule has 1 spiro atoms. The maximum Gasteiger partial charge on any atom is 0.335 e. The van der Waals surface area contributed by atoms with E-state index in [-0.39, 0.29) is 23.3 Å². The van der Waals surface area contributed by atoms with Gasteiger partial charge in [0, 0.05) is 11.8 Å². The Labute approximate surface area is 153 Å². The van der Waals surface area contributed by atoms with Crippen molar-refractivity contribution in [3.8, 4) is 5.75 Å². The Bertz CT molecular complexity index is 939. The van der Waals surface area contributed by atoms with E-state index in [1.54, 1.807) is 6.07 Å². The summed E-state index contributed by atoms with van der Waals surface area (Å²) in [6.45, 7) is 0. The van der Waals surface area contributed by atoms with Crippen molar-refractivity contribution in [2.75, 3.05) is 5.32 Å². The predicted octanol–water partition coefficient (Wildman–Crippen LogP) is 3.27. The molecule has 0 saturated heterocycles. The number of carboxylic acid groups (broad SMARTS) is 1. The van der Waals surface area contributed by atoms with Gasteiger partial charge in [-0.3, -0.25) is 4.79 Å². The van der Waals surface area contributed by atoms with Crippen LogP contribution in [0.2, 0.25) is 0 Å². The number of pyridine rings is 1. The lowest BCUT2D eigenvalue weighted by Crippen LogP contribution is -2.41. The van der Waals surface area contributed by atoms with Crippen molar-refractivity contribution in [1.82, 2.24) is 4.98 Å². The summed E-state index contributed by atoms with van der Waals surface area (Å²) in [7, 11) is 0. The van der Waals surface area contributed by atoms with Crippen molar-refractivity contribution in [3.05, 3.63) is 53.4 Å². The van der Waals surface area contributed by atoms with Crippen LogP contribution in [0, 0.1) is 11.8 Å². The van der Waals surface area contributed by atoms with Gasteiger partial charge in [0.25, 0.3) is 5.95 Å². The molecule has 0 radical (unpaired) electrons. The number of hydrogen-bond acceptors (Lipinski definition) is 4. The summed E-state index contributed by atoms with van der Waals surface area (Å²) in [5.74, 6) is -3.05. The van der Waals surface area contributed by atoms with E-state index in [1.807, 2.05) is 0 Å². The van der Waals surface area contributed by atoms with Gasteiger partial charge in [0.05, 0.1) is 23.3 Å². The third kappa shape index (κ3) is 2.90. The molecule has 1 saturated carbocycles. The quantitative estimate of drug-likeness (QED) is 0.805. The van der Waals surface area contributed by atoms with Crippen LogP contribution in [0.3, 0.4) is 0 Å². The molecule has 1 aliphatic carbocycles. The molecular weight excluding hydrogens is 358 g/mol. The van der Waals surface area contributed by atoms with Gasteiger partial charge in [0.1, 0.15) is 5.82 Å². The van der Waals surface area contributed by atoms with E-state index in [4.69, 9.17) is 4.74 Å². The number of amides is 1. The number of anilines is 1. The van der Waals surface area contributed by atoms with Gasteiger partial charge in [-0.2, -0.15) is 4.39 Å². The first-order valence-corrected chi connectivity index (χ1v) is 8.56. The lowest BCUT2D eigenvalue weighted by atomic mass is 9.69. The summed E-state index contributed by atoms with van der Waals surface area (Å²) in [5.41, 5.74) is 0.587. The zero-order valence-corrected chi connectivity index (χ0v) is 14.2. The van der Waals surface area contributed by atoms with Crippen LogP contribution in [0.5, 0.6) is 5.75 Å². The number of halogens is 2. The minimum absolute atomic E-state index is 0.121. The van der Waals surface area contributed by atoms with Crippen LogP contribution in [-0.4, -0.2) is 28.1 Å².